The Balaban J connectivity index is 2.19. The molecule has 1 fully saturated rings. The molecule has 0 spiro atoms. The third-order valence-electron chi connectivity index (χ3n) is 4.91. The van der Waals surface area contributed by atoms with Gasteiger partial charge in [0.2, 0.25) is 0 Å². The minimum Gasteiger partial charge on any atom is -0.466 e. The Labute approximate surface area is 115 Å². The Hall–Kier alpha value is -1.12. The van der Waals surface area contributed by atoms with Crippen LogP contribution in [0.2, 0.25) is 0 Å². The van der Waals surface area contributed by atoms with Crippen LogP contribution >= 0.6 is 0 Å². The number of allylic oxidation sites excluding steroid dienone is 2. The predicted molar refractivity (Wildman–Crippen MR) is 73.6 cm³/mol. The van der Waals surface area contributed by atoms with E-state index in [1.165, 1.54) is 11.1 Å². The Morgan fingerprint density at radius 3 is 2.84 bits per heavy atom. The van der Waals surface area contributed by atoms with Crippen molar-refractivity contribution in [3.63, 3.8) is 0 Å². The van der Waals surface area contributed by atoms with Crippen LogP contribution in [-0.2, 0) is 14.3 Å². The van der Waals surface area contributed by atoms with E-state index >= 15 is 0 Å². The van der Waals surface area contributed by atoms with Crippen molar-refractivity contribution < 1.29 is 14.3 Å². The molecule has 2 aliphatic rings. The second-order valence-corrected chi connectivity index (χ2v) is 6.02. The molecule has 2 rings (SSSR count). The number of hydrogen-bond acceptors (Lipinski definition) is 3. The van der Waals surface area contributed by atoms with E-state index in [-0.39, 0.29) is 17.3 Å². The quantitative estimate of drug-likeness (QED) is 0.579. The van der Waals surface area contributed by atoms with Crippen molar-refractivity contribution in [1.29, 1.82) is 0 Å². The average molecular weight is 264 g/mol. The number of Topliss-reactive ketones (excluding diaryl/α,β-unsaturated/α-hetero) is 1. The van der Waals surface area contributed by atoms with Gasteiger partial charge in [-0.3, -0.25) is 9.59 Å². The number of carbonyl (C=O) groups excluding carboxylic acids is 2. The first-order valence-electron chi connectivity index (χ1n) is 7.38. The van der Waals surface area contributed by atoms with E-state index in [9.17, 15) is 9.59 Å². The minimum absolute atomic E-state index is 0.113. The van der Waals surface area contributed by atoms with Crippen LogP contribution in [0, 0.1) is 11.3 Å². The molecule has 2 atom stereocenters. The van der Waals surface area contributed by atoms with Gasteiger partial charge in [-0.1, -0.05) is 11.1 Å². The first kappa shape index (κ1) is 14.3. The molecule has 0 N–H and O–H groups in total. The maximum Gasteiger partial charge on any atom is 0.306 e. The molecule has 0 radical (unpaired) electrons. The highest BCUT2D eigenvalue weighted by Gasteiger charge is 2.43. The van der Waals surface area contributed by atoms with Gasteiger partial charge in [0, 0.05) is 11.8 Å². The SMILES string of the molecule is CCOC(=O)CC1CCC2(C)C(=O)CCCC2=C1C. The van der Waals surface area contributed by atoms with Crippen LogP contribution in [-0.4, -0.2) is 18.4 Å². The number of hydrogen-bond donors (Lipinski definition) is 0. The van der Waals surface area contributed by atoms with Gasteiger partial charge in [0.05, 0.1) is 13.0 Å². The molecule has 0 aromatic carbocycles. The molecule has 0 bridgehead atoms. The van der Waals surface area contributed by atoms with Gasteiger partial charge < -0.3 is 4.74 Å². The number of fused-ring (bicyclic) bond motifs is 1. The largest absolute Gasteiger partial charge is 0.466 e. The third kappa shape index (κ3) is 2.60. The summed E-state index contributed by atoms with van der Waals surface area (Å²) in [5, 5.41) is 0. The lowest BCUT2D eigenvalue weighted by Crippen LogP contribution is -2.38. The topological polar surface area (TPSA) is 43.4 Å². The van der Waals surface area contributed by atoms with Crippen molar-refractivity contribution in [3.8, 4) is 0 Å². The zero-order valence-corrected chi connectivity index (χ0v) is 12.3. The molecule has 0 amide bonds. The molecule has 3 heteroatoms. The molecule has 0 aliphatic heterocycles. The third-order valence-corrected chi connectivity index (χ3v) is 4.91. The monoisotopic (exact) mass is 264 g/mol. The van der Waals surface area contributed by atoms with E-state index in [0.717, 1.165) is 32.1 Å². The first-order valence-corrected chi connectivity index (χ1v) is 7.38. The number of carbonyl (C=O) groups is 2. The lowest BCUT2D eigenvalue weighted by atomic mass is 9.61. The summed E-state index contributed by atoms with van der Waals surface area (Å²) in [5.74, 6) is 0.550. The van der Waals surface area contributed by atoms with E-state index in [0.29, 0.717) is 18.8 Å². The van der Waals surface area contributed by atoms with Crippen LogP contribution < -0.4 is 0 Å². The van der Waals surface area contributed by atoms with E-state index in [1.807, 2.05) is 6.92 Å². The van der Waals surface area contributed by atoms with E-state index in [1.54, 1.807) is 0 Å². The number of ether oxygens (including phenoxy) is 1. The molecular formula is C16H24O3. The molecule has 19 heavy (non-hydrogen) atoms. The molecule has 3 nitrogen and oxygen atoms in total. The maximum atomic E-state index is 12.2. The van der Waals surface area contributed by atoms with Gasteiger partial charge >= 0.3 is 5.97 Å². The van der Waals surface area contributed by atoms with E-state index in [4.69, 9.17) is 4.74 Å². The fourth-order valence-corrected chi connectivity index (χ4v) is 3.67. The van der Waals surface area contributed by atoms with Crippen LogP contribution in [0.25, 0.3) is 0 Å². The van der Waals surface area contributed by atoms with E-state index < -0.39 is 0 Å². The minimum atomic E-state index is -0.243. The summed E-state index contributed by atoms with van der Waals surface area (Å²) in [4.78, 5) is 23.9. The lowest BCUT2D eigenvalue weighted by Gasteiger charge is -2.42. The predicted octanol–water partition coefficient (Wildman–Crippen LogP) is 3.43. The molecule has 0 aromatic heterocycles. The normalized spacial score (nSPS) is 31.1. The van der Waals surface area contributed by atoms with Gasteiger partial charge in [0.15, 0.2) is 0 Å². The van der Waals surface area contributed by atoms with Gasteiger partial charge in [-0.25, -0.2) is 0 Å². The second-order valence-electron chi connectivity index (χ2n) is 6.02. The fourth-order valence-electron chi connectivity index (χ4n) is 3.67. The van der Waals surface area contributed by atoms with Crippen molar-refractivity contribution in [2.24, 2.45) is 11.3 Å². The standard InChI is InChI=1S/C16H24O3/c1-4-19-15(18)10-12-8-9-16(3)13(11(12)2)6-5-7-14(16)17/h12H,4-10H2,1-3H3. The van der Waals surface area contributed by atoms with Crippen molar-refractivity contribution >= 4 is 11.8 Å². The summed E-state index contributed by atoms with van der Waals surface area (Å²) in [6, 6.07) is 0. The molecular weight excluding hydrogens is 240 g/mol. The van der Waals surface area contributed by atoms with Crippen molar-refractivity contribution in [2.45, 2.75) is 59.3 Å². The Morgan fingerprint density at radius 2 is 2.16 bits per heavy atom. The molecule has 2 aliphatic carbocycles. The van der Waals surface area contributed by atoms with Crippen molar-refractivity contribution in [1.82, 2.24) is 0 Å². The first-order chi connectivity index (χ1) is 8.99. The highest BCUT2D eigenvalue weighted by molar-refractivity contribution is 5.89. The van der Waals surface area contributed by atoms with Gasteiger partial charge in [-0.05, 0) is 52.4 Å². The van der Waals surface area contributed by atoms with Crippen LogP contribution in [0.1, 0.15) is 59.3 Å². The molecule has 0 heterocycles. The van der Waals surface area contributed by atoms with Crippen molar-refractivity contribution in [3.05, 3.63) is 11.1 Å². The average Bonchev–Trinajstić information content (AvgIpc) is 2.36. The Kier molecular flexibility index (Phi) is 4.12. The highest BCUT2D eigenvalue weighted by Crippen LogP contribution is 2.49. The van der Waals surface area contributed by atoms with Crippen molar-refractivity contribution in [2.75, 3.05) is 6.61 Å². The highest BCUT2D eigenvalue weighted by atomic mass is 16.5. The summed E-state index contributed by atoms with van der Waals surface area (Å²) < 4.78 is 5.05. The smallest absolute Gasteiger partial charge is 0.306 e. The zero-order chi connectivity index (χ0) is 14.0. The number of esters is 1. The summed E-state index contributed by atoms with van der Waals surface area (Å²) in [6.07, 6.45) is 4.99. The van der Waals surface area contributed by atoms with Crippen LogP contribution in [0.5, 0.6) is 0 Å². The van der Waals surface area contributed by atoms with Crippen LogP contribution in [0.4, 0.5) is 0 Å². The molecule has 0 saturated heterocycles. The Morgan fingerprint density at radius 1 is 1.42 bits per heavy atom. The summed E-state index contributed by atoms with van der Waals surface area (Å²) in [7, 11) is 0. The maximum absolute atomic E-state index is 12.2. The van der Waals surface area contributed by atoms with Gasteiger partial charge in [0.1, 0.15) is 5.78 Å². The second kappa shape index (κ2) is 5.48. The van der Waals surface area contributed by atoms with Gasteiger partial charge in [0.25, 0.3) is 0 Å². The number of ketones is 1. The van der Waals surface area contributed by atoms with Crippen LogP contribution in [0.3, 0.4) is 0 Å². The summed E-state index contributed by atoms with van der Waals surface area (Å²) >= 11 is 0. The zero-order valence-electron chi connectivity index (χ0n) is 12.3. The molecule has 0 aromatic rings. The van der Waals surface area contributed by atoms with Crippen LogP contribution in [0.15, 0.2) is 11.1 Å². The fraction of sp³-hybridized carbons (Fsp3) is 0.750. The van der Waals surface area contributed by atoms with E-state index in [2.05, 4.69) is 13.8 Å². The molecule has 2 unspecified atom stereocenters. The van der Waals surface area contributed by atoms with Gasteiger partial charge in [-0.15, -0.1) is 0 Å². The van der Waals surface area contributed by atoms with Gasteiger partial charge in [-0.2, -0.15) is 0 Å². The summed E-state index contributed by atoms with van der Waals surface area (Å²) in [6.45, 7) is 6.47. The molecule has 1 saturated carbocycles. The number of rotatable bonds is 3. The molecule has 106 valence electrons. The lowest BCUT2D eigenvalue weighted by molar-refractivity contribution is -0.144. The Bertz CT molecular complexity index is 422. The summed E-state index contributed by atoms with van der Waals surface area (Å²) in [5.41, 5.74) is 2.34.